The number of hydrogen-bond acceptors (Lipinski definition) is 4. The van der Waals surface area contributed by atoms with Gasteiger partial charge in [-0.25, -0.2) is 0 Å². The smallest absolute Gasteiger partial charge is 0.0900 e. The monoisotopic (exact) mass is 270 g/mol. The van der Waals surface area contributed by atoms with E-state index in [0.29, 0.717) is 12.6 Å². The lowest BCUT2D eigenvalue weighted by Gasteiger charge is -2.37. The van der Waals surface area contributed by atoms with Crippen LogP contribution in [-0.4, -0.2) is 72.5 Å². The number of likely N-dealkylation sites (N-methyl/N-ethyl adjacent to an activating group) is 1. The SMILES string of the molecule is CN1CC[C@@H]2CCN(C[C@H](O)COC(C)(C)C)[C@H]2C1. The van der Waals surface area contributed by atoms with E-state index in [1.807, 2.05) is 20.8 Å². The average molecular weight is 270 g/mol. The zero-order valence-corrected chi connectivity index (χ0v) is 12.9. The second kappa shape index (κ2) is 6.08. The molecule has 0 aromatic heterocycles. The molecule has 4 heteroatoms. The van der Waals surface area contributed by atoms with Crippen LogP contribution in [0.25, 0.3) is 0 Å². The Morgan fingerprint density at radius 3 is 2.63 bits per heavy atom. The molecule has 0 radical (unpaired) electrons. The number of ether oxygens (including phenoxy) is 1. The Morgan fingerprint density at radius 2 is 1.95 bits per heavy atom. The molecule has 112 valence electrons. The van der Waals surface area contributed by atoms with Gasteiger partial charge in [0, 0.05) is 19.1 Å². The Morgan fingerprint density at radius 1 is 1.26 bits per heavy atom. The molecule has 19 heavy (non-hydrogen) atoms. The number of likely N-dealkylation sites (tertiary alicyclic amines) is 2. The Labute approximate surface area is 117 Å². The lowest BCUT2D eigenvalue weighted by molar-refractivity contribution is -0.0587. The van der Waals surface area contributed by atoms with Gasteiger partial charge in [-0.3, -0.25) is 4.90 Å². The highest BCUT2D eigenvalue weighted by molar-refractivity contribution is 4.92. The lowest BCUT2D eigenvalue weighted by Crippen LogP contribution is -2.49. The Balaban J connectivity index is 1.79. The van der Waals surface area contributed by atoms with Crippen LogP contribution in [0.5, 0.6) is 0 Å². The number of aliphatic hydroxyl groups is 1. The summed E-state index contributed by atoms with van der Waals surface area (Å²) >= 11 is 0. The van der Waals surface area contributed by atoms with E-state index in [2.05, 4.69) is 16.8 Å². The maximum absolute atomic E-state index is 10.1. The average Bonchev–Trinajstić information content (AvgIpc) is 2.68. The molecular formula is C15H30N2O2. The minimum atomic E-state index is -0.370. The first-order chi connectivity index (χ1) is 8.85. The van der Waals surface area contributed by atoms with Crippen molar-refractivity contribution >= 4 is 0 Å². The van der Waals surface area contributed by atoms with Crippen LogP contribution in [0, 0.1) is 5.92 Å². The van der Waals surface area contributed by atoms with Gasteiger partial charge in [0.2, 0.25) is 0 Å². The van der Waals surface area contributed by atoms with E-state index < -0.39 is 0 Å². The van der Waals surface area contributed by atoms with Crippen molar-refractivity contribution in [3.05, 3.63) is 0 Å². The van der Waals surface area contributed by atoms with Crippen molar-refractivity contribution in [1.82, 2.24) is 9.80 Å². The molecule has 2 rings (SSSR count). The zero-order chi connectivity index (χ0) is 14.0. The molecule has 0 amide bonds. The number of aliphatic hydroxyl groups excluding tert-OH is 1. The molecule has 0 saturated carbocycles. The van der Waals surface area contributed by atoms with Gasteiger partial charge in [-0.15, -0.1) is 0 Å². The van der Waals surface area contributed by atoms with Crippen molar-refractivity contribution in [2.75, 3.05) is 39.8 Å². The molecule has 0 aromatic rings. The normalized spacial score (nSPS) is 31.4. The molecule has 0 aromatic carbocycles. The third kappa shape index (κ3) is 4.42. The summed E-state index contributed by atoms with van der Waals surface area (Å²) in [5, 5.41) is 10.1. The van der Waals surface area contributed by atoms with Gasteiger partial charge in [0.1, 0.15) is 0 Å². The van der Waals surface area contributed by atoms with Gasteiger partial charge >= 0.3 is 0 Å². The second-order valence-corrected chi connectivity index (χ2v) is 7.24. The number of piperidine rings is 1. The van der Waals surface area contributed by atoms with E-state index in [-0.39, 0.29) is 11.7 Å². The second-order valence-electron chi connectivity index (χ2n) is 7.24. The minimum absolute atomic E-state index is 0.167. The van der Waals surface area contributed by atoms with E-state index in [1.54, 1.807) is 0 Å². The maximum atomic E-state index is 10.1. The summed E-state index contributed by atoms with van der Waals surface area (Å²) in [5.74, 6) is 0.840. The zero-order valence-electron chi connectivity index (χ0n) is 12.9. The summed E-state index contributed by atoms with van der Waals surface area (Å²) in [4.78, 5) is 4.88. The van der Waals surface area contributed by atoms with Gasteiger partial charge in [-0.1, -0.05) is 0 Å². The molecule has 2 aliphatic heterocycles. The third-order valence-corrected chi connectivity index (χ3v) is 4.33. The first-order valence-electron chi connectivity index (χ1n) is 7.60. The van der Waals surface area contributed by atoms with Crippen molar-refractivity contribution in [3.63, 3.8) is 0 Å². The molecule has 0 spiro atoms. The standard InChI is InChI=1S/C15H30N2O2/c1-15(2,3)19-11-13(18)9-17-8-6-12-5-7-16(4)10-14(12)17/h12-14,18H,5-11H2,1-4H3/t12-,13+,14+/m1/s1. The van der Waals surface area contributed by atoms with Crippen LogP contribution in [0.2, 0.25) is 0 Å². The van der Waals surface area contributed by atoms with Gasteiger partial charge in [0.15, 0.2) is 0 Å². The molecule has 2 heterocycles. The quantitative estimate of drug-likeness (QED) is 0.832. The first-order valence-corrected chi connectivity index (χ1v) is 7.60. The number of nitrogens with zero attached hydrogens (tertiary/aromatic N) is 2. The van der Waals surface area contributed by atoms with Crippen molar-refractivity contribution in [2.24, 2.45) is 5.92 Å². The molecule has 2 saturated heterocycles. The minimum Gasteiger partial charge on any atom is -0.389 e. The van der Waals surface area contributed by atoms with Gasteiger partial charge in [0.25, 0.3) is 0 Å². The number of hydrogen-bond donors (Lipinski definition) is 1. The summed E-state index contributed by atoms with van der Waals surface area (Å²) in [6, 6.07) is 0.642. The maximum Gasteiger partial charge on any atom is 0.0900 e. The Bertz CT molecular complexity index is 290. The van der Waals surface area contributed by atoms with Crippen LogP contribution >= 0.6 is 0 Å². The lowest BCUT2D eigenvalue weighted by atomic mass is 9.92. The van der Waals surface area contributed by atoms with Crippen LogP contribution in [0.15, 0.2) is 0 Å². The summed E-state index contributed by atoms with van der Waals surface area (Å²) in [5.41, 5.74) is -0.167. The topological polar surface area (TPSA) is 35.9 Å². The number of fused-ring (bicyclic) bond motifs is 1. The van der Waals surface area contributed by atoms with E-state index >= 15 is 0 Å². The summed E-state index contributed by atoms with van der Waals surface area (Å²) < 4.78 is 5.67. The van der Waals surface area contributed by atoms with E-state index in [4.69, 9.17) is 4.74 Å². The molecular weight excluding hydrogens is 240 g/mol. The first kappa shape index (κ1) is 15.2. The Hall–Kier alpha value is -0.160. The molecule has 2 fully saturated rings. The molecule has 0 aliphatic carbocycles. The summed E-state index contributed by atoms with van der Waals surface area (Å²) in [6.45, 7) is 10.8. The van der Waals surface area contributed by atoms with Crippen molar-refractivity contribution < 1.29 is 9.84 Å². The van der Waals surface area contributed by atoms with Gasteiger partial charge in [-0.05, 0) is 59.7 Å². The third-order valence-electron chi connectivity index (χ3n) is 4.33. The fraction of sp³-hybridized carbons (Fsp3) is 1.00. The van der Waals surface area contributed by atoms with E-state index in [0.717, 1.165) is 25.6 Å². The molecule has 0 unspecified atom stereocenters. The van der Waals surface area contributed by atoms with Crippen molar-refractivity contribution in [2.45, 2.75) is 51.4 Å². The van der Waals surface area contributed by atoms with Crippen LogP contribution < -0.4 is 0 Å². The van der Waals surface area contributed by atoms with Crippen molar-refractivity contribution in [3.8, 4) is 0 Å². The Kier molecular flexibility index (Phi) is 4.88. The summed E-state index contributed by atoms with van der Waals surface area (Å²) in [6.07, 6.45) is 2.24. The van der Waals surface area contributed by atoms with Crippen LogP contribution in [0.3, 0.4) is 0 Å². The predicted molar refractivity (Wildman–Crippen MR) is 77.3 cm³/mol. The van der Waals surface area contributed by atoms with Gasteiger partial charge < -0.3 is 14.7 Å². The van der Waals surface area contributed by atoms with Gasteiger partial charge in [0.05, 0.1) is 18.3 Å². The number of rotatable bonds is 4. The molecule has 3 atom stereocenters. The molecule has 0 bridgehead atoms. The highest BCUT2D eigenvalue weighted by Crippen LogP contribution is 2.31. The van der Waals surface area contributed by atoms with Crippen LogP contribution in [-0.2, 0) is 4.74 Å². The van der Waals surface area contributed by atoms with Gasteiger partial charge in [-0.2, -0.15) is 0 Å². The largest absolute Gasteiger partial charge is 0.389 e. The fourth-order valence-corrected chi connectivity index (χ4v) is 3.28. The van der Waals surface area contributed by atoms with E-state index in [1.165, 1.54) is 19.4 Å². The van der Waals surface area contributed by atoms with Crippen LogP contribution in [0.4, 0.5) is 0 Å². The number of β-amino-alcohol motifs (C(OH)–C–C–N with tert-alkyl or cyclic N) is 1. The van der Waals surface area contributed by atoms with E-state index in [9.17, 15) is 5.11 Å². The highest BCUT2D eigenvalue weighted by Gasteiger charge is 2.37. The molecule has 1 N–H and O–H groups in total. The highest BCUT2D eigenvalue weighted by atomic mass is 16.5. The van der Waals surface area contributed by atoms with Crippen LogP contribution in [0.1, 0.15) is 33.6 Å². The molecule has 4 nitrogen and oxygen atoms in total. The fourth-order valence-electron chi connectivity index (χ4n) is 3.28. The van der Waals surface area contributed by atoms with Crippen molar-refractivity contribution in [1.29, 1.82) is 0 Å². The summed E-state index contributed by atoms with van der Waals surface area (Å²) in [7, 11) is 2.20. The predicted octanol–water partition coefficient (Wildman–Crippen LogP) is 1.19. The molecule has 2 aliphatic rings.